The van der Waals surface area contributed by atoms with Crippen LogP contribution in [-0.4, -0.2) is 15.0 Å². The van der Waals surface area contributed by atoms with Gasteiger partial charge in [-0.05, 0) is 54.8 Å². The number of halogens is 1. The summed E-state index contributed by atoms with van der Waals surface area (Å²) < 4.78 is 27.5. The Morgan fingerprint density at radius 3 is 2.81 bits per heavy atom. The van der Waals surface area contributed by atoms with Crippen LogP contribution in [0.5, 0.6) is 0 Å². The van der Waals surface area contributed by atoms with Crippen LogP contribution in [0.4, 0.5) is 11.4 Å². The molecule has 0 aliphatic carbocycles. The highest BCUT2D eigenvalue weighted by atomic mass is 35.5. The molecule has 0 saturated heterocycles. The van der Waals surface area contributed by atoms with E-state index in [4.69, 9.17) is 11.6 Å². The molecular formula is C15H15ClN2O2S. The van der Waals surface area contributed by atoms with Crippen molar-refractivity contribution in [2.75, 3.05) is 16.6 Å². The van der Waals surface area contributed by atoms with Crippen molar-refractivity contribution in [1.82, 2.24) is 0 Å². The van der Waals surface area contributed by atoms with Crippen LogP contribution in [0, 0.1) is 6.92 Å². The molecule has 3 rings (SSSR count). The maximum absolute atomic E-state index is 12.5. The largest absolute Gasteiger partial charge is 0.384 e. The van der Waals surface area contributed by atoms with Gasteiger partial charge in [-0.2, -0.15) is 0 Å². The van der Waals surface area contributed by atoms with Crippen molar-refractivity contribution in [1.29, 1.82) is 0 Å². The highest BCUT2D eigenvalue weighted by molar-refractivity contribution is 7.92. The third-order valence-electron chi connectivity index (χ3n) is 3.46. The number of aryl methyl sites for hydroxylation is 1. The number of hydrogen-bond donors (Lipinski definition) is 2. The van der Waals surface area contributed by atoms with E-state index in [0.717, 1.165) is 29.8 Å². The molecule has 0 aromatic heterocycles. The standard InChI is InChI=1S/C15H15ClN2O2S/c1-10-2-4-13(16)15(8-10)18-21(19,20)12-3-5-14-11(9-12)6-7-17-14/h2-5,8-9,17-18H,6-7H2,1H3. The fourth-order valence-electron chi connectivity index (χ4n) is 2.37. The molecule has 6 heteroatoms. The Morgan fingerprint density at radius 2 is 2.00 bits per heavy atom. The minimum atomic E-state index is -3.64. The first-order valence-corrected chi connectivity index (χ1v) is 8.47. The van der Waals surface area contributed by atoms with Gasteiger partial charge >= 0.3 is 0 Å². The first-order valence-electron chi connectivity index (χ1n) is 6.61. The molecule has 0 unspecified atom stereocenters. The average molecular weight is 323 g/mol. The van der Waals surface area contributed by atoms with Crippen LogP contribution < -0.4 is 10.0 Å². The molecule has 4 nitrogen and oxygen atoms in total. The summed E-state index contributed by atoms with van der Waals surface area (Å²) >= 11 is 6.05. The Balaban J connectivity index is 1.95. The Kier molecular flexibility index (Phi) is 3.55. The third kappa shape index (κ3) is 2.84. The summed E-state index contributed by atoms with van der Waals surface area (Å²) in [7, 11) is -3.64. The second kappa shape index (κ2) is 5.24. The fraction of sp³-hybridized carbons (Fsp3) is 0.200. The number of benzene rings is 2. The molecule has 21 heavy (non-hydrogen) atoms. The van der Waals surface area contributed by atoms with Crippen LogP contribution in [-0.2, 0) is 16.4 Å². The summed E-state index contributed by atoms with van der Waals surface area (Å²) in [5, 5.41) is 3.59. The second-order valence-corrected chi connectivity index (χ2v) is 7.17. The molecule has 0 amide bonds. The molecule has 2 aromatic carbocycles. The number of anilines is 2. The van der Waals surface area contributed by atoms with E-state index in [-0.39, 0.29) is 4.90 Å². The molecule has 0 bridgehead atoms. The van der Waals surface area contributed by atoms with Gasteiger partial charge in [0.1, 0.15) is 0 Å². The Hall–Kier alpha value is -1.72. The number of hydrogen-bond acceptors (Lipinski definition) is 3. The average Bonchev–Trinajstić information content (AvgIpc) is 2.90. The lowest BCUT2D eigenvalue weighted by atomic mass is 10.2. The molecule has 0 radical (unpaired) electrons. The first kappa shape index (κ1) is 14.2. The molecule has 1 aliphatic heterocycles. The van der Waals surface area contributed by atoms with Gasteiger partial charge < -0.3 is 5.32 Å². The van der Waals surface area contributed by atoms with Crippen molar-refractivity contribution in [3.8, 4) is 0 Å². The van der Waals surface area contributed by atoms with Crippen molar-refractivity contribution >= 4 is 33.0 Å². The van der Waals surface area contributed by atoms with Gasteiger partial charge in [-0.25, -0.2) is 8.42 Å². The highest BCUT2D eigenvalue weighted by Gasteiger charge is 2.19. The lowest BCUT2D eigenvalue weighted by Crippen LogP contribution is -2.13. The quantitative estimate of drug-likeness (QED) is 0.910. The zero-order valence-corrected chi connectivity index (χ0v) is 13.1. The van der Waals surface area contributed by atoms with Gasteiger partial charge in [-0.15, -0.1) is 0 Å². The molecule has 0 atom stereocenters. The van der Waals surface area contributed by atoms with E-state index < -0.39 is 10.0 Å². The van der Waals surface area contributed by atoms with E-state index in [1.54, 1.807) is 30.3 Å². The fourth-order valence-corrected chi connectivity index (χ4v) is 3.71. The SMILES string of the molecule is Cc1ccc(Cl)c(NS(=O)(=O)c2ccc3c(c2)CCN3)c1. The predicted molar refractivity (Wildman–Crippen MR) is 85.6 cm³/mol. The monoisotopic (exact) mass is 322 g/mol. The van der Waals surface area contributed by atoms with Crippen molar-refractivity contribution < 1.29 is 8.42 Å². The van der Waals surface area contributed by atoms with E-state index >= 15 is 0 Å². The zero-order chi connectivity index (χ0) is 15.0. The van der Waals surface area contributed by atoms with Gasteiger partial charge in [0.15, 0.2) is 0 Å². The zero-order valence-electron chi connectivity index (χ0n) is 11.5. The van der Waals surface area contributed by atoms with Gasteiger partial charge in [-0.1, -0.05) is 17.7 Å². The van der Waals surface area contributed by atoms with Crippen LogP contribution in [0.3, 0.4) is 0 Å². The molecule has 0 saturated carbocycles. The molecule has 2 N–H and O–H groups in total. The van der Waals surface area contributed by atoms with Crippen LogP contribution in [0.25, 0.3) is 0 Å². The van der Waals surface area contributed by atoms with E-state index in [1.165, 1.54) is 0 Å². The maximum Gasteiger partial charge on any atom is 0.261 e. The van der Waals surface area contributed by atoms with Crippen LogP contribution in [0.15, 0.2) is 41.3 Å². The van der Waals surface area contributed by atoms with Gasteiger partial charge in [-0.3, -0.25) is 4.72 Å². The van der Waals surface area contributed by atoms with E-state index in [1.807, 2.05) is 13.0 Å². The van der Waals surface area contributed by atoms with Crippen molar-refractivity contribution in [3.63, 3.8) is 0 Å². The molecule has 2 aromatic rings. The van der Waals surface area contributed by atoms with E-state index in [9.17, 15) is 8.42 Å². The molecule has 1 aliphatic rings. The Labute approximate surface area is 129 Å². The minimum absolute atomic E-state index is 0.252. The maximum atomic E-state index is 12.5. The van der Waals surface area contributed by atoms with Crippen molar-refractivity contribution in [2.45, 2.75) is 18.2 Å². The summed E-state index contributed by atoms with van der Waals surface area (Å²) in [6.07, 6.45) is 0.837. The molecule has 110 valence electrons. The summed E-state index contributed by atoms with van der Waals surface area (Å²) in [5.74, 6) is 0. The number of sulfonamides is 1. The molecular weight excluding hydrogens is 308 g/mol. The van der Waals surface area contributed by atoms with E-state index in [0.29, 0.717) is 10.7 Å². The topological polar surface area (TPSA) is 58.2 Å². The molecule has 1 heterocycles. The molecule has 0 spiro atoms. The van der Waals surface area contributed by atoms with E-state index in [2.05, 4.69) is 10.0 Å². The summed E-state index contributed by atoms with van der Waals surface area (Å²) in [4.78, 5) is 0.252. The van der Waals surface area contributed by atoms with Crippen molar-refractivity contribution in [2.24, 2.45) is 0 Å². The van der Waals surface area contributed by atoms with Gasteiger partial charge in [0.05, 0.1) is 15.6 Å². The first-order chi connectivity index (χ1) is 9.95. The molecule has 0 fully saturated rings. The third-order valence-corrected chi connectivity index (χ3v) is 5.16. The summed E-state index contributed by atoms with van der Waals surface area (Å²) in [6.45, 7) is 2.73. The summed E-state index contributed by atoms with van der Waals surface area (Å²) in [6, 6.07) is 10.3. The van der Waals surface area contributed by atoms with Crippen LogP contribution in [0.2, 0.25) is 5.02 Å². The van der Waals surface area contributed by atoms with Gasteiger partial charge in [0, 0.05) is 12.2 Å². The second-order valence-electron chi connectivity index (χ2n) is 5.08. The highest BCUT2D eigenvalue weighted by Crippen LogP contribution is 2.28. The van der Waals surface area contributed by atoms with Crippen LogP contribution >= 0.6 is 11.6 Å². The van der Waals surface area contributed by atoms with Gasteiger partial charge in [0.2, 0.25) is 0 Å². The van der Waals surface area contributed by atoms with Crippen molar-refractivity contribution in [3.05, 3.63) is 52.5 Å². The lowest BCUT2D eigenvalue weighted by molar-refractivity contribution is 0.601. The number of fused-ring (bicyclic) bond motifs is 1. The lowest BCUT2D eigenvalue weighted by Gasteiger charge is -2.11. The summed E-state index contributed by atoms with van der Waals surface area (Å²) in [5.41, 5.74) is 3.36. The van der Waals surface area contributed by atoms with Crippen LogP contribution in [0.1, 0.15) is 11.1 Å². The number of rotatable bonds is 3. The Morgan fingerprint density at radius 1 is 1.19 bits per heavy atom. The normalized spacial score (nSPS) is 13.6. The van der Waals surface area contributed by atoms with Gasteiger partial charge in [0.25, 0.3) is 10.0 Å². The minimum Gasteiger partial charge on any atom is -0.384 e. The predicted octanol–water partition coefficient (Wildman–Crippen LogP) is 3.42. The smallest absolute Gasteiger partial charge is 0.261 e. The number of nitrogens with one attached hydrogen (secondary N) is 2. The Bertz CT molecular complexity index is 803.